The number of aromatic nitrogens is 1. The lowest BCUT2D eigenvalue weighted by molar-refractivity contribution is 0.101. The van der Waals surface area contributed by atoms with Crippen molar-refractivity contribution in [2.75, 3.05) is 13.1 Å². The lowest BCUT2D eigenvalue weighted by Gasteiger charge is -2.28. The van der Waals surface area contributed by atoms with Crippen molar-refractivity contribution >= 4 is 16.9 Å². The Morgan fingerprint density at radius 2 is 1.85 bits per heavy atom. The number of aryl methyl sites for hydroxylation is 1. The van der Waals surface area contributed by atoms with E-state index in [1.54, 1.807) is 22.8 Å². The highest BCUT2D eigenvalue weighted by Crippen LogP contribution is 2.19. The predicted octanol–water partition coefficient (Wildman–Crippen LogP) is 3.64. The van der Waals surface area contributed by atoms with Crippen LogP contribution in [0.15, 0.2) is 51.7 Å². The molecule has 2 heterocycles. The number of nitrogens with zero attached hydrogens (tertiary/aromatic N) is 2. The standard InChI is InChI=1S/C22H24N2O3/c1-16(25)18-8-9-20-21(14-18)27-22(26)24(20)12-5-4-11-23-13-10-17-6-2-3-7-19(17)15-23/h2-3,6-9,14H,4-5,10-13,15H2,1H3. The number of hydrogen-bond donors (Lipinski definition) is 0. The van der Waals surface area contributed by atoms with Crippen molar-refractivity contribution in [2.45, 2.75) is 39.3 Å². The maximum atomic E-state index is 12.2. The molecular weight excluding hydrogens is 340 g/mol. The van der Waals surface area contributed by atoms with Crippen LogP contribution in [0.5, 0.6) is 0 Å². The molecule has 3 aromatic rings. The molecule has 27 heavy (non-hydrogen) atoms. The Morgan fingerprint density at radius 3 is 2.67 bits per heavy atom. The summed E-state index contributed by atoms with van der Waals surface area (Å²) >= 11 is 0. The molecule has 0 saturated heterocycles. The Kier molecular flexibility index (Phi) is 4.94. The Balaban J connectivity index is 1.35. The minimum atomic E-state index is -0.349. The third kappa shape index (κ3) is 3.74. The minimum absolute atomic E-state index is 0.0320. The quantitative estimate of drug-likeness (QED) is 0.495. The van der Waals surface area contributed by atoms with Gasteiger partial charge in [-0.1, -0.05) is 24.3 Å². The van der Waals surface area contributed by atoms with Crippen LogP contribution in [0.4, 0.5) is 0 Å². The lowest BCUT2D eigenvalue weighted by atomic mass is 10.00. The summed E-state index contributed by atoms with van der Waals surface area (Å²) in [4.78, 5) is 26.1. The molecule has 0 spiro atoms. The fraction of sp³-hybridized carbons (Fsp3) is 0.364. The Hall–Kier alpha value is -2.66. The minimum Gasteiger partial charge on any atom is -0.408 e. The first-order valence-electron chi connectivity index (χ1n) is 9.55. The number of Topliss-reactive ketones (excluding diaryl/α,β-unsaturated/α-hetero) is 1. The van der Waals surface area contributed by atoms with E-state index in [-0.39, 0.29) is 11.5 Å². The molecule has 1 aliphatic rings. The topological polar surface area (TPSA) is 55.5 Å². The van der Waals surface area contributed by atoms with Gasteiger partial charge < -0.3 is 4.42 Å². The van der Waals surface area contributed by atoms with Crippen LogP contribution >= 0.6 is 0 Å². The number of unbranched alkanes of at least 4 members (excludes halogenated alkanes) is 1. The van der Waals surface area contributed by atoms with Crippen LogP contribution in [0.3, 0.4) is 0 Å². The van der Waals surface area contributed by atoms with Crippen molar-refractivity contribution in [2.24, 2.45) is 0 Å². The summed E-state index contributed by atoms with van der Waals surface area (Å²) in [6.45, 7) is 5.29. The van der Waals surface area contributed by atoms with Gasteiger partial charge >= 0.3 is 5.76 Å². The van der Waals surface area contributed by atoms with Crippen LogP contribution in [0.25, 0.3) is 11.1 Å². The molecule has 0 atom stereocenters. The van der Waals surface area contributed by atoms with E-state index in [2.05, 4.69) is 29.2 Å². The van der Waals surface area contributed by atoms with E-state index in [4.69, 9.17) is 4.42 Å². The number of carbonyl (C=O) groups is 1. The van der Waals surface area contributed by atoms with Gasteiger partial charge in [-0.05, 0) is 62.1 Å². The van der Waals surface area contributed by atoms with Gasteiger partial charge in [-0.2, -0.15) is 0 Å². The highest BCUT2D eigenvalue weighted by atomic mass is 16.4. The zero-order valence-corrected chi connectivity index (χ0v) is 15.6. The average Bonchev–Trinajstić information content (AvgIpc) is 2.99. The molecule has 0 aliphatic carbocycles. The number of carbonyl (C=O) groups excluding carboxylic acids is 1. The first-order valence-corrected chi connectivity index (χ1v) is 9.55. The summed E-state index contributed by atoms with van der Waals surface area (Å²) in [6, 6.07) is 13.9. The monoisotopic (exact) mass is 364 g/mol. The van der Waals surface area contributed by atoms with Crippen molar-refractivity contribution in [3.63, 3.8) is 0 Å². The summed E-state index contributed by atoms with van der Waals surface area (Å²) in [5.41, 5.74) is 4.71. The van der Waals surface area contributed by atoms with Gasteiger partial charge in [0, 0.05) is 25.2 Å². The van der Waals surface area contributed by atoms with E-state index in [1.165, 1.54) is 18.1 Å². The smallest absolute Gasteiger partial charge is 0.408 e. The fourth-order valence-electron chi connectivity index (χ4n) is 3.85. The number of rotatable bonds is 6. The lowest BCUT2D eigenvalue weighted by Crippen LogP contribution is -2.31. The van der Waals surface area contributed by atoms with Crippen LogP contribution in [0.2, 0.25) is 0 Å². The van der Waals surface area contributed by atoms with Gasteiger partial charge in [-0.15, -0.1) is 0 Å². The second-order valence-corrected chi connectivity index (χ2v) is 7.26. The molecule has 2 aromatic carbocycles. The van der Waals surface area contributed by atoms with Gasteiger partial charge in [-0.3, -0.25) is 14.3 Å². The maximum absolute atomic E-state index is 12.2. The largest absolute Gasteiger partial charge is 0.419 e. The van der Waals surface area contributed by atoms with Gasteiger partial charge in [-0.25, -0.2) is 4.79 Å². The molecule has 0 unspecified atom stereocenters. The molecule has 5 heteroatoms. The molecular formula is C22H24N2O3. The van der Waals surface area contributed by atoms with Gasteiger partial charge in [0.05, 0.1) is 5.52 Å². The Bertz CT molecular complexity index is 1030. The first-order chi connectivity index (χ1) is 13.1. The fourth-order valence-corrected chi connectivity index (χ4v) is 3.85. The summed E-state index contributed by atoms with van der Waals surface area (Å²) in [7, 11) is 0. The molecule has 0 N–H and O–H groups in total. The predicted molar refractivity (Wildman–Crippen MR) is 105 cm³/mol. The van der Waals surface area contributed by atoms with E-state index in [1.807, 2.05) is 0 Å². The zero-order chi connectivity index (χ0) is 18.8. The van der Waals surface area contributed by atoms with Crippen molar-refractivity contribution in [1.82, 2.24) is 9.47 Å². The van der Waals surface area contributed by atoms with Crippen LogP contribution < -0.4 is 5.76 Å². The molecule has 5 nitrogen and oxygen atoms in total. The molecule has 0 bridgehead atoms. The van der Waals surface area contributed by atoms with Crippen LogP contribution in [-0.4, -0.2) is 28.3 Å². The normalized spacial score (nSPS) is 14.4. The third-order valence-corrected chi connectivity index (χ3v) is 5.39. The third-order valence-electron chi connectivity index (χ3n) is 5.39. The molecule has 0 amide bonds. The Labute approximate surface area is 158 Å². The van der Waals surface area contributed by atoms with Gasteiger partial charge in [0.2, 0.25) is 0 Å². The van der Waals surface area contributed by atoms with Crippen molar-refractivity contribution in [3.05, 3.63) is 69.7 Å². The van der Waals surface area contributed by atoms with Crippen molar-refractivity contribution in [3.8, 4) is 0 Å². The molecule has 140 valence electrons. The SMILES string of the molecule is CC(=O)c1ccc2c(c1)oc(=O)n2CCCCN1CCc2ccccc2C1. The Morgan fingerprint density at radius 1 is 1.07 bits per heavy atom. The molecule has 0 radical (unpaired) electrons. The first kappa shape index (κ1) is 17.7. The van der Waals surface area contributed by atoms with Gasteiger partial charge in [0.1, 0.15) is 0 Å². The molecule has 1 aromatic heterocycles. The van der Waals surface area contributed by atoms with Crippen LogP contribution in [0, 0.1) is 0 Å². The molecule has 0 saturated carbocycles. The number of fused-ring (bicyclic) bond motifs is 2. The molecule has 4 rings (SSSR count). The maximum Gasteiger partial charge on any atom is 0.419 e. The molecule has 1 aliphatic heterocycles. The molecule has 0 fully saturated rings. The average molecular weight is 364 g/mol. The summed E-state index contributed by atoms with van der Waals surface area (Å²) in [5, 5.41) is 0. The highest BCUT2D eigenvalue weighted by Gasteiger charge is 2.15. The van der Waals surface area contributed by atoms with Gasteiger partial charge in [0.15, 0.2) is 11.4 Å². The van der Waals surface area contributed by atoms with E-state index < -0.39 is 0 Å². The van der Waals surface area contributed by atoms with Crippen LogP contribution in [0.1, 0.15) is 41.3 Å². The van der Waals surface area contributed by atoms with E-state index >= 15 is 0 Å². The van der Waals surface area contributed by atoms with Crippen LogP contribution in [-0.2, 0) is 19.5 Å². The summed E-state index contributed by atoms with van der Waals surface area (Å²) in [6.07, 6.45) is 3.06. The number of oxazole rings is 1. The van der Waals surface area contributed by atoms with E-state index in [0.717, 1.165) is 44.4 Å². The second kappa shape index (κ2) is 7.53. The number of ketones is 1. The summed E-state index contributed by atoms with van der Waals surface area (Å²) in [5.74, 6) is -0.381. The number of hydrogen-bond acceptors (Lipinski definition) is 4. The van der Waals surface area contributed by atoms with E-state index in [9.17, 15) is 9.59 Å². The second-order valence-electron chi connectivity index (χ2n) is 7.26. The highest BCUT2D eigenvalue weighted by molar-refractivity contribution is 5.96. The number of benzene rings is 2. The van der Waals surface area contributed by atoms with Gasteiger partial charge in [0.25, 0.3) is 0 Å². The zero-order valence-electron chi connectivity index (χ0n) is 15.6. The van der Waals surface area contributed by atoms with Crippen molar-refractivity contribution in [1.29, 1.82) is 0 Å². The summed E-state index contributed by atoms with van der Waals surface area (Å²) < 4.78 is 6.99. The van der Waals surface area contributed by atoms with Crippen molar-refractivity contribution < 1.29 is 9.21 Å². The van der Waals surface area contributed by atoms with E-state index in [0.29, 0.717) is 17.7 Å².